The van der Waals surface area contributed by atoms with Crippen LogP contribution >= 0.6 is 23.2 Å². The van der Waals surface area contributed by atoms with Gasteiger partial charge in [-0.2, -0.15) is 0 Å². The molecule has 1 aliphatic rings. The maximum atomic E-state index is 6.05. The fourth-order valence-electron chi connectivity index (χ4n) is 2.53. The van der Waals surface area contributed by atoms with Crippen LogP contribution < -0.4 is 10.1 Å². The molecule has 1 saturated carbocycles. The lowest BCUT2D eigenvalue weighted by atomic mass is 9.89. The third kappa shape index (κ3) is 4.87. The molecule has 1 aromatic carbocycles. The largest absolute Gasteiger partial charge is 0.491 e. The molecule has 0 bridgehead atoms. The zero-order valence-electron chi connectivity index (χ0n) is 11.1. The smallest absolute Gasteiger partial charge is 0.139 e. The van der Waals surface area contributed by atoms with Crippen LogP contribution in [0.15, 0.2) is 18.2 Å². The predicted molar refractivity (Wildman–Crippen MR) is 81.4 cm³/mol. The lowest BCUT2D eigenvalue weighted by Crippen LogP contribution is -2.28. The third-order valence-electron chi connectivity index (χ3n) is 3.61. The van der Waals surface area contributed by atoms with E-state index in [4.69, 9.17) is 27.9 Å². The molecule has 0 heterocycles. The van der Waals surface area contributed by atoms with Gasteiger partial charge in [-0.05, 0) is 37.4 Å². The summed E-state index contributed by atoms with van der Waals surface area (Å²) < 4.78 is 5.63. The van der Waals surface area contributed by atoms with Gasteiger partial charge in [-0.3, -0.25) is 0 Å². The van der Waals surface area contributed by atoms with E-state index in [-0.39, 0.29) is 0 Å². The minimum Gasteiger partial charge on any atom is -0.491 e. The highest BCUT2D eigenvalue weighted by Gasteiger charge is 2.12. The van der Waals surface area contributed by atoms with Crippen LogP contribution in [0.3, 0.4) is 0 Å². The summed E-state index contributed by atoms with van der Waals surface area (Å²) in [5, 5.41) is 4.49. The van der Waals surface area contributed by atoms with Crippen molar-refractivity contribution in [1.29, 1.82) is 0 Å². The SMILES string of the molecule is Clc1cccc(OCCNCC2CCCCC2)c1Cl. The summed E-state index contributed by atoms with van der Waals surface area (Å²) in [6.07, 6.45) is 6.93. The van der Waals surface area contributed by atoms with Gasteiger partial charge in [-0.1, -0.05) is 48.5 Å². The summed E-state index contributed by atoms with van der Waals surface area (Å²) in [4.78, 5) is 0. The summed E-state index contributed by atoms with van der Waals surface area (Å²) in [5.74, 6) is 1.51. The Hall–Kier alpha value is -0.440. The monoisotopic (exact) mass is 301 g/mol. The van der Waals surface area contributed by atoms with Gasteiger partial charge >= 0.3 is 0 Å². The zero-order valence-corrected chi connectivity index (χ0v) is 12.6. The normalized spacial score (nSPS) is 16.5. The Bertz CT molecular complexity index is 392. The maximum Gasteiger partial charge on any atom is 0.139 e. The van der Waals surface area contributed by atoms with Crippen LogP contribution in [0.4, 0.5) is 0 Å². The highest BCUT2D eigenvalue weighted by molar-refractivity contribution is 6.42. The first-order chi connectivity index (χ1) is 9.27. The molecule has 2 rings (SSSR count). The van der Waals surface area contributed by atoms with Crippen molar-refractivity contribution in [2.24, 2.45) is 5.92 Å². The van der Waals surface area contributed by atoms with Crippen molar-refractivity contribution < 1.29 is 4.74 Å². The molecular formula is C15H21Cl2NO. The Morgan fingerprint density at radius 2 is 1.95 bits per heavy atom. The van der Waals surface area contributed by atoms with Gasteiger partial charge in [0.25, 0.3) is 0 Å². The quantitative estimate of drug-likeness (QED) is 0.779. The first kappa shape index (κ1) is 15.0. The predicted octanol–water partition coefficient (Wildman–Crippen LogP) is 4.54. The van der Waals surface area contributed by atoms with Crippen molar-refractivity contribution in [3.05, 3.63) is 28.2 Å². The molecule has 1 fully saturated rings. The van der Waals surface area contributed by atoms with Crippen molar-refractivity contribution in [2.75, 3.05) is 19.7 Å². The first-order valence-electron chi connectivity index (χ1n) is 7.05. The number of nitrogens with one attached hydrogen (secondary N) is 1. The van der Waals surface area contributed by atoms with Gasteiger partial charge in [0.05, 0.1) is 5.02 Å². The number of benzene rings is 1. The summed E-state index contributed by atoms with van der Waals surface area (Å²) in [7, 11) is 0. The number of rotatable bonds is 6. The Balaban J connectivity index is 1.62. The number of ether oxygens (including phenoxy) is 1. The summed E-state index contributed by atoms with van der Waals surface area (Å²) >= 11 is 12.0. The van der Waals surface area contributed by atoms with Crippen LogP contribution in [0, 0.1) is 5.92 Å². The molecule has 1 aliphatic carbocycles. The van der Waals surface area contributed by atoms with E-state index in [9.17, 15) is 0 Å². The number of hydrogen-bond acceptors (Lipinski definition) is 2. The third-order valence-corrected chi connectivity index (χ3v) is 4.41. The highest BCUT2D eigenvalue weighted by Crippen LogP contribution is 2.31. The zero-order chi connectivity index (χ0) is 13.5. The Labute approximate surface area is 125 Å². The molecule has 0 aromatic heterocycles. The Morgan fingerprint density at radius 3 is 2.74 bits per heavy atom. The second kappa shape index (κ2) is 7.98. The molecule has 1 aromatic rings. The van der Waals surface area contributed by atoms with E-state index in [0.717, 1.165) is 19.0 Å². The lowest BCUT2D eigenvalue weighted by molar-refractivity contribution is 0.295. The van der Waals surface area contributed by atoms with E-state index >= 15 is 0 Å². The van der Waals surface area contributed by atoms with Gasteiger partial charge in [0, 0.05) is 6.54 Å². The van der Waals surface area contributed by atoms with Crippen LogP contribution in [-0.2, 0) is 0 Å². The molecule has 19 heavy (non-hydrogen) atoms. The van der Waals surface area contributed by atoms with Crippen LogP contribution in [-0.4, -0.2) is 19.7 Å². The van der Waals surface area contributed by atoms with E-state index in [1.54, 1.807) is 6.07 Å². The minimum absolute atomic E-state index is 0.497. The van der Waals surface area contributed by atoms with Crippen LogP contribution in [0.2, 0.25) is 10.0 Å². The van der Waals surface area contributed by atoms with Gasteiger partial charge in [-0.25, -0.2) is 0 Å². The standard InChI is InChI=1S/C15H21Cl2NO/c16-13-7-4-8-14(15(13)17)19-10-9-18-11-12-5-2-1-3-6-12/h4,7-8,12,18H,1-3,5-6,9-11H2. The molecule has 0 unspecified atom stereocenters. The molecule has 0 aliphatic heterocycles. The summed E-state index contributed by atoms with van der Waals surface area (Å²) in [5.41, 5.74) is 0. The lowest BCUT2D eigenvalue weighted by Gasteiger charge is -2.21. The Morgan fingerprint density at radius 1 is 1.16 bits per heavy atom. The summed E-state index contributed by atoms with van der Waals surface area (Å²) in [6, 6.07) is 5.45. The summed E-state index contributed by atoms with van der Waals surface area (Å²) in [6.45, 7) is 2.57. The molecular weight excluding hydrogens is 281 g/mol. The molecule has 2 nitrogen and oxygen atoms in total. The molecule has 4 heteroatoms. The molecule has 0 radical (unpaired) electrons. The van der Waals surface area contributed by atoms with Crippen molar-refractivity contribution in [1.82, 2.24) is 5.32 Å². The number of hydrogen-bond donors (Lipinski definition) is 1. The minimum atomic E-state index is 0.497. The van der Waals surface area contributed by atoms with Gasteiger partial charge < -0.3 is 10.1 Å². The fraction of sp³-hybridized carbons (Fsp3) is 0.600. The molecule has 0 saturated heterocycles. The van der Waals surface area contributed by atoms with Gasteiger partial charge in [0.1, 0.15) is 17.4 Å². The van der Waals surface area contributed by atoms with E-state index in [1.807, 2.05) is 12.1 Å². The second-order valence-corrected chi connectivity index (χ2v) is 5.89. The van der Waals surface area contributed by atoms with Crippen molar-refractivity contribution in [2.45, 2.75) is 32.1 Å². The van der Waals surface area contributed by atoms with Crippen molar-refractivity contribution in [3.8, 4) is 5.75 Å². The first-order valence-corrected chi connectivity index (χ1v) is 7.80. The highest BCUT2D eigenvalue weighted by atomic mass is 35.5. The average Bonchev–Trinajstić information content (AvgIpc) is 2.44. The average molecular weight is 302 g/mol. The van der Waals surface area contributed by atoms with Gasteiger partial charge in [-0.15, -0.1) is 0 Å². The molecule has 0 amide bonds. The Kier molecular flexibility index (Phi) is 6.29. The van der Waals surface area contributed by atoms with Gasteiger partial charge in [0.2, 0.25) is 0 Å². The number of halogens is 2. The molecule has 0 atom stereocenters. The fourth-order valence-corrected chi connectivity index (χ4v) is 2.87. The van der Waals surface area contributed by atoms with E-state index < -0.39 is 0 Å². The molecule has 106 valence electrons. The van der Waals surface area contributed by atoms with E-state index in [1.165, 1.54) is 32.1 Å². The van der Waals surface area contributed by atoms with E-state index in [0.29, 0.717) is 22.4 Å². The van der Waals surface area contributed by atoms with E-state index in [2.05, 4.69) is 5.32 Å². The molecule has 1 N–H and O–H groups in total. The maximum absolute atomic E-state index is 6.05. The topological polar surface area (TPSA) is 21.3 Å². The van der Waals surface area contributed by atoms with Crippen LogP contribution in [0.1, 0.15) is 32.1 Å². The van der Waals surface area contributed by atoms with Crippen molar-refractivity contribution in [3.63, 3.8) is 0 Å². The van der Waals surface area contributed by atoms with Crippen LogP contribution in [0.5, 0.6) is 5.75 Å². The van der Waals surface area contributed by atoms with Crippen LogP contribution in [0.25, 0.3) is 0 Å². The molecule has 0 spiro atoms. The van der Waals surface area contributed by atoms with Crippen molar-refractivity contribution >= 4 is 23.2 Å². The second-order valence-electron chi connectivity index (χ2n) is 5.11. The van der Waals surface area contributed by atoms with Gasteiger partial charge in [0.15, 0.2) is 0 Å².